The van der Waals surface area contributed by atoms with E-state index >= 15 is 0 Å². The van der Waals surface area contributed by atoms with Gasteiger partial charge >= 0.3 is 0 Å². The molecule has 0 bridgehead atoms. The van der Waals surface area contributed by atoms with Crippen molar-refractivity contribution in [1.29, 1.82) is 0 Å². The van der Waals surface area contributed by atoms with Gasteiger partial charge in [-0.05, 0) is 24.3 Å². The second-order valence-electron chi connectivity index (χ2n) is 6.57. The summed E-state index contributed by atoms with van der Waals surface area (Å²) >= 11 is 0. The number of para-hydroxylation sites is 2. The molecular weight excluding hydrogens is 374 g/mol. The lowest BCUT2D eigenvalue weighted by Gasteiger charge is -2.16. The maximum atomic E-state index is 12.7. The van der Waals surface area contributed by atoms with Gasteiger partial charge in [0.05, 0.1) is 11.3 Å². The highest BCUT2D eigenvalue weighted by Gasteiger charge is 2.19. The molecule has 9 heteroatoms. The molecule has 0 saturated carbocycles. The molecule has 0 aliphatic heterocycles. The van der Waals surface area contributed by atoms with Gasteiger partial charge in [0.2, 0.25) is 0 Å². The molecule has 0 aliphatic carbocycles. The number of aryl methyl sites for hydroxylation is 1. The number of benzene rings is 2. The summed E-state index contributed by atoms with van der Waals surface area (Å²) in [5.41, 5.74) is -0.331. The van der Waals surface area contributed by atoms with E-state index in [1.165, 1.54) is 24.1 Å². The molecule has 0 radical (unpaired) electrons. The number of anilines is 4. The standard InChI is InChI=1S/C20H21N5O4/c1-24(2)19(28)13-10-7-11-14(17(13)26)22-15-16(20(29)25(3)23-18(15)27)21-12-8-5-4-6-9-12/h4-11,21-22,26H,1-3H3,(H,23,27). The summed E-state index contributed by atoms with van der Waals surface area (Å²) in [4.78, 5) is 38.8. The fourth-order valence-corrected chi connectivity index (χ4v) is 2.74. The number of carbonyl (C=O) groups is 1. The molecule has 0 aliphatic rings. The molecule has 1 aromatic heterocycles. The zero-order chi connectivity index (χ0) is 21.1. The Morgan fingerprint density at radius 1 is 1.00 bits per heavy atom. The lowest BCUT2D eigenvalue weighted by atomic mass is 10.1. The third-order valence-electron chi connectivity index (χ3n) is 4.24. The van der Waals surface area contributed by atoms with Crippen molar-refractivity contribution in [3.63, 3.8) is 0 Å². The first kappa shape index (κ1) is 19.7. The summed E-state index contributed by atoms with van der Waals surface area (Å²) in [7, 11) is 4.56. The number of H-pyrrole nitrogens is 1. The Labute approximate surface area is 166 Å². The number of aromatic hydroxyl groups is 1. The van der Waals surface area contributed by atoms with E-state index in [0.29, 0.717) is 5.69 Å². The third-order valence-corrected chi connectivity index (χ3v) is 4.24. The van der Waals surface area contributed by atoms with Gasteiger partial charge in [-0.1, -0.05) is 24.3 Å². The predicted molar refractivity (Wildman–Crippen MR) is 111 cm³/mol. The molecule has 150 valence electrons. The first-order valence-electron chi connectivity index (χ1n) is 8.75. The van der Waals surface area contributed by atoms with Gasteiger partial charge < -0.3 is 20.6 Å². The number of nitrogens with zero attached hydrogens (tertiary/aromatic N) is 2. The van der Waals surface area contributed by atoms with E-state index in [4.69, 9.17) is 0 Å². The summed E-state index contributed by atoms with van der Waals surface area (Å²) in [6, 6.07) is 13.4. The smallest absolute Gasteiger partial charge is 0.290 e. The number of hydrogen-bond acceptors (Lipinski definition) is 6. The number of amides is 1. The summed E-state index contributed by atoms with van der Waals surface area (Å²) < 4.78 is 1.06. The van der Waals surface area contributed by atoms with Crippen LogP contribution in [0.5, 0.6) is 5.75 Å². The van der Waals surface area contributed by atoms with Gasteiger partial charge in [0.15, 0.2) is 5.75 Å². The number of aromatic amines is 1. The molecule has 3 rings (SSSR count). The van der Waals surface area contributed by atoms with Crippen LogP contribution in [0.4, 0.5) is 22.7 Å². The van der Waals surface area contributed by atoms with Crippen LogP contribution < -0.4 is 21.8 Å². The van der Waals surface area contributed by atoms with Crippen molar-refractivity contribution in [3.8, 4) is 5.75 Å². The molecule has 3 aromatic rings. The van der Waals surface area contributed by atoms with Crippen molar-refractivity contribution >= 4 is 28.7 Å². The van der Waals surface area contributed by atoms with E-state index in [0.717, 1.165) is 4.68 Å². The van der Waals surface area contributed by atoms with Gasteiger partial charge in [-0.25, -0.2) is 0 Å². The van der Waals surface area contributed by atoms with Gasteiger partial charge in [0.1, 0.15) is 11.4 Å². The fourth-order valence-electron chi connectivity index (χ4n) is 2.74. The Hall–Kier alpha value is -4.01. The number of phenols is 1. The highest BCUT2D eigenvalue weighted by molar-refractivity contribution is 5.98. The number of phenolic OH excluding ortho intramolecular Hbond substituents is 1. The average Bonchev–Trinajstić information content (AvgIpc) is 2.70. The van der Waals surface area contributed by atoms with Gasteiger partial charge in [-0.3, -0.25) is 24.2 Å². The van der Waals surface area contributed by atoms with E-state index < -0.39 is 17.0 Å². The molecule has 9 nitrogen and oxygen atoms in total. The van der Waals surface area contributed by atoms with Crippen molar-refractivity contribution in [3.05, 3.63) is 74.8 Å². The zero-order valence-electron chi connectivity index (χ0n) is 16.2. The predicted octanol–water partition coefficient (Wildman–Crippen LogP) is 1.97. The minimum absolute atomic E-state index is 0.00573. The molecule has 1 heterocycles. The quantitative estimate of drug-likeness (QED) is 0.491. The molecule has 0 fully saturated rings. The van der Waals surface area contributed by atoms with Crippen LogP contribution in [0.2, 0.25) is 0 Å². The number of hydrogen-bond donors (Lipinski definition) is 4. The topological polar surface area (TPSA) is 119 Å². The second kappa shape index (κ2) is 7.93. The van der Waals surface area contributed by atoms with Crippen molar-refractivity contribution in [1.82, 2.24) is 14.7 Å². The van der Waals surface area contributed by atoms with Crippen molar-refractivity contribution < 1.29 is 9.90 Å². The number of carbonyl (C=O) groups excluding carboxylic acids is 1. The second-order valence-corrected chi connectivity index (χ2v) is 6.57. The molecule has 1 amide bonds. The van der Waals surface area contributed by atoms with Gasteiger partial charge in [0, 0.05) is 26.8 Å². The monoisotopic (exact) mass is 395 g/mol. The van der Waals surface area contributed by atoms with Gasteiger partial charge in [-0.15, -0.1) is 0 Å². The van der Waals surface area contributed by atoms with E-state index in [1.54, 1.807) is 44.4 Å². The summed E-state index contributed by atoms with van der Waals surface area (Å²) in [6.45, 7) is 0. The molecule has 4 N–H and O–H groups in total. The van der Waals surface area contributed by atoms with Crippen LogP contribution in [0.1, 0.15) is 10.4 Å². The molecule has 2 aromatic carbocycles. The molecular formula is C20H21N5O4. The highest BCUT2D eigenvalue weighted by atomic mass is 16.3. The number of aromatic nitrogens is 2. The van der Waals surface area contributed by atoms with Crippen LogP contribution in [0.15, 0.2) is 58.1 Å². The van der Waals surface area contributed by atoms with E-state index in [1.807, 2.05) is 6.07 Å². The van der Waals surface area contributed by atoms with Crippen molar-refractivity contribution in [2.75, 3.05) is 24.7 Å². The minimum atomic E-state index is -0.575. The lowest BCUT2D eigenvalue weighted by molar-refractivity contribution is 0.0824. The van der Waals surface area contributed by atoms with E-state index in [-0.39, 0.29) is 28.4 Å². The number of rotatable bonds is 5. The lowest BCUT2D eigenvalue weighted by Crippen LogP contribution is -2.31. The van der Waals surface area contributed by atoms with Gasteiger partial charge in [-0.2, -0.15) is 0 Å². The largest absolute Gasteiger partial charge is 0.505 e. The number of nitrogens with one attached hydrogen (secondary N) is 3. The maximum Gasteiger partial charge on any atom is 0.290 e. The van der Waals surface area contributed by atoms with Crippen LogP contribution in [0.25, 0.3) is 0 Å². The first-order valence-corrected chi connectivity index (χ1v) is 8.75. The molecule has 0 saturated heterocycles. The molecule has 0 unspecified atom stereocenters. The van der Waals surface area contributed by atoms with Crippen LogP contribution in [-0.2, 0) is 7.05 Å². The normalized spacial score (nSPS) is 10.4. The Balaban J connectivity index is 2.10. The van der Waals surface area contributed by atoms with Crippen molar-refractivity contribution in [2.24, 2.45) is 7.05 Å². The maximum absolute atomic E-state index is 12.7. The minimum Gasteiger partial charge on any atom is -0.505 e. The van der Waals surface area contributed by atoms with Crippen LogP contribution in [0, 0.1) is 0 Å². The molecule has 0 atom stereocenters. The third kappa shape index (κ3) is 3.98. The van der Waals surface area contributed by atoms with Crippen LogP contribution in [0.3, 0.4) is 0 Å². The Morgan fingerprint density at radius 3 is 2.34 bits per heavy atom. The Kier molecular flexibility index (Phi) is 5.40. The van der Waals surface area contributed by atoms with Crippen LogP contribution in [-0.4, -0.2) is 39.8 Å². The van der Waals surface area contributed by atoms with Crippen LogP contribution >= 0.6 is 0 Å². The Bertz CT molecular complexity index is 1170. The molecule has 0 spiro atoms. The Morgan fingerprint density at radius 2 is 1.69 bits per heavy atom. The summed E-state index contributed by atoms with van der Waals surface area (Å²) in [5.74, 6) is -0.719. The average molecular weight is 395 g/mol. The van der Waals surface area contributed by atoms with Crippen molar-refractivity contribution in [2.45, 2.75) is 0 Å². The first-order chi connectivity index (χ1) is 13.8. The zero-order valence-corrected chi connectivity index (χ0v) is 16.2. The highest BCUT2D eigenvalue weighted by Crippen LogP contribution is 2.31. The molecule has 29 heavy (non-hydrogen) atoms. The van der Waals surface area contributed by atoms with Gasteiger partial charge in [0.25, 0.3) is 17.0 Å². The SMILES string of the molecule is CN(C)C(=O)c1cccc(Nc2c(Nc3ccccc3)c(=O)n(C)[nH]c2=O)c1O. The summed E-state index contributed by atoms with van der Waals surface area (Å²) in [5, 5.41) is 18.7. The van der Waals surface area contributed by atoms with E-state index in [9.17, 15) is 19.5 Å². The van der Waals surface area contributed by atoms with E-state index in [2.05, 4.69) is 15.7 Å². The summed E-state index contributed by atoms with van der Waals surface area (Å²) in [6.07, 6.45) is 0. The fraction of sp³-hybridized carbons (Fsp3) is 0.150.